The Balaban J connectivity index is 1.55. The van der Waals surface area contributed by atoms with E-state index in [9.17, 15) is 9.18 Å². The number of H-pyrrole nitrogens is 1. The molecule has 1 aliphatic rings. The molecule has 1 fully saturated rings. The number of thioether (sulfide) groups is 1. The van der Waals surface area contributed by atoms with Crippen molar-refractivity contribution < 1.29 is 23.4 Å². The number of aromatic amines is 1. The summed E-state index contributed by atoms with van der Waals surface area (Å²) < 4.78 is 30.4. The fraction of sp³-hybridized carbons (Fsp3) is 0.417. The highest BCUT2D eigenvalue weighted by Crippen LogP contribution is 2.35. The summed E-state index contributed by atoms with van der Waals surface area (Å²) in [5.41, 5.74) is 1.75. The van der Waals surface area contributed by atoms with Crippen molar-refractivity contribution in [2.75, 3.05) is 39.7 Å². The Labute approximate surface area is 207 Å². The number of carbonyl (C=O) groups is 1. The number of methoxy groups -OCH3 is 1. The predicted octanol–water partition coefficient (Wildman–Crippen LogP) is 3.60. The lowest BCUT2D eigenvalue weighted by Gasteiger charge is -2.35. The van der Waals surface area contributed by atoms with Crippen molar-refractivity contribution in [3.8, 4) is 22.6 Å². The van der Waals surface area contributed by atoms with Gasteiger partial charge in [-0.3, -0.25) is 4.79 Å². The van der Waals surface area contributed by atoms with Gasteiger partial charge >= 0.3 is 0 Å². The lowest BCUT2D eigenvalue weighted by atomic mass is 9.91. The number of imidazole rings is 1. The number of rotatable bonds is 9. The van der Waals surface area contributed by atoms with Crippen LogP contribution in [0.4, 0.5) is 4.39 Å². The van der Waals surface area contributed by atoms with Crippen molar-refractivity contribution in [3.63, 3.8) is 0 Å². The molecule has 1 saturated heterocycles. The van der Waals surface area contributed by atoms with Gasteiger partial charge in [-0.1, -0.05) is 11.8 Å². The summed E-state index contributed by atoms with van der Waals surface area (Å²) >= 11 is 1.43. The number of ether oxygens (including phenoxy) is 3. The topological polar surface area (TPSA) is 111 Å². The van der Waals surface area contributed by atoms with Crippen LogP contribution in [0.1, 0.15) is 25.5 Å². The first kappa shape index (κ1) is 25.2. The van der Waals surface area contributed by atoms with Crippen LogP contribution in [-0.2, 0) is 19.0 Å². The van der Waals surface area contributed by atoms with Gasteiger partial charge < -0.3 is 24.5 Å². The Morgan fingerprint density at radius 2 is 2.00 bits per heavy atom. The Hall–Kier alpha value is -2.86. The molecular weight excluding hydrogens is 473 g/mol. The molecule has 11 heteroatoms. The molecule has 0 saturated carbocycles. The molecule has 2 aromatic heterocycles. The van der Waals surface area contributed by atoms with Crippen LogP contribution in [0.25, 0.3) is 22.6 Å². The number of halogens is 1. The van der Waals surface area contributed by atoms with Crippen molar-refractivity contribution >= 4 is 17.7 Å². The van der Waals surface area contributed by atoms with Gasteiger partial charge in [0.05, 0.1) is 35.7 Å². The summed E-state index contributed by atoms with van der Waals surface area (Å²) in [5.74, 6) is -0.0348. The number of aromatic nitrogens is 4. The van der Waals surface area contributed by atoms with Gasteiger partial charge in [-0.05, 0) is 49.9 Å². The summed E-state index contributed by atoms with van der Waals surface area (Å²) in [6.07, 6.45) is 3.50. The van der Waals surface area contributed by atoms with Crippen molar-refractivity contribution in [1.29, 1.82) is 0 Å². The number of hydrogen-bond donors (Lipinski definition) is 2. The third kappa shape index (κ3) is 5.87. The lowest BCUT2D eigenvalue weighted by Crippen LogP contribution is -2.48. The first-order valence-corrected chi connectivity index (χ1v) is 12.4. The number of carbonyl (C=O) groups excluding carboxylic acids is 1. The molecule has 1 aliphatic heterocycles. The monoisotopic (exact) mass is 501 g/mol. The largest absolute Gasteiger partial charge is 0.385 e. The maximum atomic E-state index is 13.5. The molecule has 2 N–H and O–H groups in total. The normalized spacial score (nSPS) is 20.1. The molecule has 0 bridgehead atoms. The van der Waals surface area contributed by atoms with Crippen LogP contribution in [0.2, 0.25) is 0 Å². The third-order valence-electron chi connectivity index (χ3n) is 5.60. The van der Waals surface area contributed by atoms with E-state index in [1.807, 2.05) is 6.26 Å². The van der Waals surface area contributed by atoms with E-state index < -0.39 is 11.7 Å². The molecule has 186 valence electrons. The zero-order chi connectivity index (χ0) is 24.8. The predicted molar refractivity (Wildman–Crippen MR) is 129 cm³/mol. The highest BCUT2D eigenvalue weighted by molar-refractivity contribution is 7.98. The minimum atomic E-state index is -0.821. The fourth-order valence-electron chi connectivity index (χ4n) is 3.61. The summed E-state index contributed by atoms with van der Waals surface area (Å²) in [5, 5.41) is 3.52. The summed E-state index contributed by atoms with van der Waals surface area (Å²) in [4.78, 5) is 29.5. The van der Waals surface area contributed by atoms with E-state index in [-0.39, 0.29) is 24.9 Å². The Kier molecular flexibility index (Phi) is 8.11. The van der Waals surface area contributed by atoms with Crippen LogP contribution in [0.5, 0.6) is 0 Å². The summed E-state index contributed by atoms with van der Waals surface area (Å²) in [7, 11) is 1.63. The molecule has 0 spiro atoms. The van der Waals surface area contributed by atoms with Gasteiger partial charge in [-0.25, -0.2) is 19.3 Å². The Morgan fingerprint density at radius 1 is 1.26 bits per heavy atom. The maximum absolute atomic E-state index is 13.5. The molecule has 9 nitrogen and oxygen atoms in total. The van der Waals surface area contributed by atoms with E-state index in [2.05, 4.69) is 20.3 Å². The smallest absolute Gasteiger partial charge is 0.230 e. The van der Waals surface area contributed by atoms with Gasteiger partial charge in [0, 0.05) is 32.0 Å². The molecule has 0 aliphatic carbocycles. The highest BCUT2D eigenvalue weighted by Gasteiger charge is 2.40. The van der Waals surface area contributed by atoms with Gasteiger partial charge in [-0.15, -0.1) is 0 Å². The van der Waals surface area contributed by atoms with Gasteiger partial charge in [0.15, 0.2) is 11.0 Å². The number of amides is 1. The van der Waals surface area contributed by atoms with Gasteiger partial charge in [0.1, 0.15) is 5.82 Å². The SMILES string of the molecule is COCCCNC(=O)C1(C)COC(c2nc(-c3ccc(F)cc3)c(-c3ccnc(SC)n3)[nH]2)OC1. The zero-order valence-electron chi connectivity index (χ0n) is 19.8. The first-order valence-electron chi connectivity index (χ1n) is 11.2. The number of nitrogens with zero attached hydrogens (tertiary/aromatic N) is 3. The van der Waals surface area contributed by atoms with Gasteiger partial charge in [0.25, 0.3) is 0 Å². The van der Waals surface area contributed by atoms with E-state index in [1.54, 1.807) is 38.4 Å². The second kappa shape index (κ2) is 11.3. The molecule has 35 heavy (non-hydrogen) atoms. The molecule has 1 amide bonds. The number of benzene rings is 1. The van der Waals surface area contributed by atoms with Crippen LogP contribution in [-0.4, -0.2) is 65.6 Å². The molecule has 3 heterocycles. The van der Waals surface area contributed by atoms with Crippen LogP contribution >= 0.6 is 11.8 Å². The van der Waals surface area contributed by atoms with Crippen LogP contribution in [0.3, 0.4) is 0 Å². The average Bonchev–Trinajstić information content (AvgIpc) is 3.33. The molecular formula is C24H28FN5O4S. The molecule has 0 unspecified atom stereocenters. The molecule has 3 aromatic rings. The van der Waals surface area contributed by atoms with Crippen molar-refractivity contribution in [3.05, 3.63) is 48.2 Å². The first-order chi connectivity index (χ1) is 16.9. The minimum Gasteiger partial charge on any atom is -0.385 e. The zero-order valence-corrected chi connectivity index (χ0v) is 20.7. The van der Waals surface area contributed by atoms with E-state index in [1.165, 1.54) is 23.9 Å². The second-order valence-corrected chi connectivity index (χ2v) is 9.17. The maximum Gasteiger partial charge on any atom is 0.230 e. The summed E-state index contributed by atoms with van der Waals surface area (Å²) in [6, 6.07) is 7.85. The average molecular weight is 502 g/mol. The highest BCUT2D eigenvalue weighted by atomic mass is 32.2. The van der Waals surface area contributed by atoms with E-state index in [0.717, 1.165) is 6.42 Å². The Morgan fingerprint density at radius 3 is 2.69 bits per heavy atom. The summed E-state index contributed by atoms with van der Waals surface area (Å²) in [6.45, 7) is 3.23. The third-order valence-corrected chi connectivity index (χ3v) is 6.16. The van der Waals surface area contributed by atoms with Crippen molar-refractivity contribution in [1.82, 2.24) is 25.3 Å². The standard InChI is InChI=1S/C24H28FN5O4S/c1-24(22(31)26-10-4-12-32-2)13-33-21(34-14-24)20-29-18(15-5-7-16(25)8-6-15)19(30-20)17-9-11-27-23(28-17)35-3/h5-9,11,21H,4,10,12-14H2,1-3H3,(H,26,31)(H,29,30). The van der Waals surface area contributed by atoms with E-state index in [0.29, 0.717) is 46.8 Å². The van der Waals surface area contributed by atoms with Gasteiger partial charge in [0.2, 0.25) is 12.2 Å². The Bertz CT molecular complexity index is 1150. The van der Waals surface area contributed by atoms with Crippen molar-refractivity contribution in [2.24, 2.45) is 5.41 Å². The molecule has 0 radical (unpaired) electrons. The van der Waals surface area contributed by atoms with E-state index in [4.69, 9.17) is 19.2 Å². The van der Waals surface area contributed by atoms with Crippen LogP contribution in [0.15, 0.2) is 41.7 Å². The second-order valence-electron chi connectivity index (χ2n) is 8.40. The van der Waals surface area contributed by atoms with Crippen LogP contribution in [0, 0.1) is 11.2 Å². The molecule has 0 atom stereocenters. The fourth-order valence-corrected chi connectivity index (χ4v) is 3.97. The van der Waals surface area contributed by atoms with Gasteiger partial charge in [-0.2, -0.15) is 0 Å². The molecule has 1 aromatic carbocycles. The van der Waals surface area contributed by atoms with E-state index >= 15 is 0 Å². The lowest BCUT2D eigenvalue weighted by molar-refractivity contribution is -0.231. The number of nitrogens with one attached hydrogen (secondary N) is 2. The van der Waals surface area contributed by atoms with Crippen LogP contribution < -0.4 is 5.32 Å². The minimum absolute atomic E-state index is 0.134. The van der Waals surface area contributed by atoms with Crippen molar-refractivity contribution in [2.45, 2.75) is 24.8 Å². The molecule has 4 rings (SSSR count). The quantitative estimate of drug-likeness (QED) is 0.260. The number of hydrogen-bond acceptors (Lipinski definition) is 8.